The summed E-state index contributed by atoms with van der Waals surface area (Å²) in [5.74, 6) is 0.471. The summed E-state index contributed by atoms with van der Waals surface area (Å²) in [4.78, 5) is 12.3. The van der Waals surface area contributed by atoms with Crippen molar-refractivity contribution in [3.63, 3.8) is 0 Å². The number of carbonyl (C=O) groups is 1. The predicted octanol–water partition coefficient (Wildman–Crippen LogP) is 2.03. The maximum Gasteiger partial charge on any atom is 0.189 e. The molecule has 2 N–H and O–H groups in total. The van der Waals surface area contributed by atoms with Crippen LogP contribution in [0, 0.1) is 0 Å². The van der Waals surface area contributed by atoms with Gasteiger partial charge in [0.15, 0.2) is 11.5 Å². The van der Waals surface area contributed by atoms with Gasteiger partial charge in [0.05, 0.1) is 7.11 Å². The van der Waals surface area contributed by atoms with E-state index in [0.29, 0.717) is 16.9 Å². The molecule has 4 heteroatoms. The maximum atomic E-state index is 12.3. The SMILES string of the molecule is COC1=CC=C(C(=O)c2ccccc2)CC1(N)OC. The molecule has 0 spiro atoms. The maximum absolute atomic E-state index is 12.3. The molecule has 4 nitrogen and oxygen atoms in total. The van der Waals surface area contributed by atoms with E-state index >= 15 is 0 Å². The van der Waals surface area contributed by atoms with Gasteiger partial charge in [-0.15, -0.1) is 0 Å². The van der Waals surface area contributed by atoms with E-state index in [0.717, 1.165) is 0 Å². The molecule has 19 heavy (non-hydrogen) atoms. The molecule has 1 aromatic carbocycles. The van der Waals surface area contributed by atoms with Crippen LogP contribution in [0.3, 0.4) is 0 Å². The minimum atomic E-state index is -1.08. The number of ether oxygens (including phenoxy) is 2. The van der Waals surface area contributed by atoms with Crippen LogP contribution >= 0.6 is 0 Å². The number of hydrogen-bond acceptors (Lipinski definition) is 4. The van der Waals surface area contributed by atoms with Crippen LogP contribution in [-0.2, 0) is 9.47 Å². The Balaban J connectivity index is 2.30. The lowest BCUT2D eigenvalue weighted by Crippen LogP contribution is -2.46. The van der Waals surface area contributed by atoms with E-state index in [2.05, 4.69) is 0 Å². The fourth-order valence-electron chi connectivity index (χ4n) is 2.09. The smallest absolute Gasteiger partial charge is 0.189 e. The Bertz CT molecular complexity index is 534. The van der Waals surface area contributed by atoms with E-state index in [-0.39, 0.29) is 12.2 Å². The van der Waals surface area contributed by atoms with Crippen molar-refractivity contribution in [1.82, 2.24) is 0 Å². The Hall–Kier alpha value is -1.91. The summed E-state index contributed by atoms with van der Waals surface area (Å²) >= 11 is 0. The lowest BCUT2D eigenvalue weighted by Gasteiger charge is -2.32. The van der Waals surface area contributed by atoms with Gasteiger partial charge >= 0.3 is 0 Å². The molecule has 1 aromatic rings. The van der Waals surface area contributed by atoms with Crippen molar-refractivity contribution in [3.05, 3.63) is 59.4 Å². The van der Waals surface area contributed by atoms with E-state index in [1.165, 1.54) is 14.2 Å². The number of ketones is 1. The number of benzene rings is 1. The second-order valence-electron chi connectivity index (χ2n) is 4.39. The number of allylic oxidation sites excluding steroid dienone is 2. The van der Waals surface area contributed by atoms with Crippen LogP contribution in [0.15, 0.2) is 53.8 Å². The molecule has 1 aliphatic rings. The average Bonchev–Trinajstić information content (AvgIpc) is 2.47. The molecule has 0 amide bonds. The quantitative estimate of drug-likeness (QED) is 0.664. The first-order valence-electron chi connectivity index (χ1n) is 6.00. The molecule has 2 rings (SSSR count). The van der Waals surface area contributed by atoms with E-state index in [4.69, 9.17) is 15.2 Å². The third-order valence-corrected chi connectivity index (χ3v) is 3.22. The molecule has 1 unspecified atom stereocenters. The van der Waals surface area contributed by atoms with E-state index in [1.807, 2.05) is 18.2 Å². The molecule has 0 radical (unpaired) electrons. The van der Waals surface area contributed by atoms with Crippen LogP contribution in [-0.4, -0.2) is 25.7 Å². The first kappa shape index (κ1) is 13.5. The lowest BCUT2D eigenvalue weighted by atomic mass is 9.90. The van der Waals surface area contributed by atoms with Crippen LogP contribution in [0.25, 0.3) is 0 Å². The first-order valence-corrected chi connectivity index (χ1v) is 6.00. The summed E-state index contributed by atoms with van der Waals surface area (Å²) in [6.07, 6.45) is 3.71. The Morgan fingerprint density at radius 2 is 1.89 bits per heavy atom. The van der Waals surface area contributed by atoms with Crippen molar-refractivity contribution >= 4 is 5.78 Å². The Morgan fingerprint density at radius 1 is 1.21 bits per heavy atom. The van der Waals surface area contributed by atoms with Crippen LogP contribution in [0.2, 0.25) is 0 Å². The van der Waals surface area contributed by atoms with Crippen molar-refractivity contribution in [2.45, 2.75) is 12.1 Å². The van der Waals surface area contributed by atoms with E-state index in [9.17, 15) is 4.79 Å². The van der Waals surface area contributed by atoms with Gasteiger partial charge < -0.3 is 9.47 Å². The summed E-state index contributed by atoms with van der Waals surface area (Å²) in [6, 6.07) is 9.10. The minimum Gasteiger partial charge on any atom is -0.497 e. The second-order valence-corrected chi connectivity index (χ2v) is 4.39. The molecule has 0 heterocycles. The summed E-state index contributed by atoms with van der Waals surface area (Å²) in [5, 5.41) is 0. The van der Waals surface area contributed by atoms with Gasteiger partial charge in [0, 0.05) is 24.7 Å². The van der Waals surface area contributed by atoms with Crippen LogP contribution in [0.1, 0.15) is 16.8 Å². The predicted molar refractivity (Wildman–Crippen MR) is 72.5 cm³/mol. The fourth-order valence-corrected chi connectivity index (χ4v) is 2.09. The van der Waals surface area contributed by atoms with Crippen molar-refractivity contribution in [2.75, 3.05) is 14.2 Å². The molecule has 1 atom stereocenters. The van der Waals surface area contributed by atoms with Crippen LogP contribution < -0.4 is 5.73 Å². The third-order valence-electron chi connectivity index (χ3n) is 3.22. The van der Waals surface area contributed by atoms with Gasteiger partial charge in [0.25, 0.3) is 0 Å². The zero-order valence-corrected chi connectivity index (χ0v) is 11.1. The summed E-state index contributed by atoms with van der Waals surface area (Å²) in [5.41, 5.74) is 6.28. The standard InChI is InChI=1S/C15H17NO3/c1-18-13-9-8-12(10-15(13,16)19-2)14(17)11-6-4-3-5-7-11/h3-9H,10,16H2,1-2H3. The summed E-state index contributed by atoms with van der Waals surface area (Å²) < 4.78 is 10.5. The van der Waals surface area contributed by atoms with Crippen LogP contribution in [0.4, 0.5) is 0 Å². The van der Waals surface area contributed by atoms with E-state index < -0.39 is 5.72 Å². The molecule has 0 saturated heterocycles. The molecule has 100 valence electrons. The number of hydrogen-bond donors (Lipinski definition) is 1. The van der Waals surface area contributed by atoms with Gasteiger partial charge in [-0.2, -0.15) is 0 Å². The van der Waals surface area contributed by atoms with Crippen molar-refractivity contribution in [3.8, 4) is 0 Å². The number of rotatable bonds is 4. The highest BCUT2D eigenvalue weighted by molar-refractivity contribution is 6.09. The Kier molecular flexibility index (Phi) is 3.83. The highest BCUT2D eigenvalue weighted by Gasteiger charge is 2.36. The van der Waals surface area contributed by atoms with Gasteiger partial charge in [-0.25, -0.2) is 0 Å². The molecule has 1 aliphatic carbocycles. The minimum absolute atomic E-state index is 0.0427. The summed E-state index contributed by atoms with van der Waals surface area (Å²) in [7, 11) is 3.03. The van der Waals surface area contributed by atoms with Gasteiger partial charge in [0.2, 0.25) is 0 Å². The monoisotopic (exact) mass is 259 g/mol. The van der Waals surface area contributed by atoms with Gasteiger partial charge in [0.1, 0.15) is 5.76 Å². The zero-order chi connectivity index (χ0) is 13.9. The first-order chi connectivity index (χ1) is 9.10. The largest absolute Gasteiger partial charge is 0.497 e. The Morgan fingerprint density at radius 3 is 2.47 bits per heavy atom. The van der Waals surface area contributed by atoms with Gasteiger partial charge in [-0.3, -0.25) is 10.5 Å². The Labute approximate surface area is 112 Å². The number of carbonyl (C=O) groups excluding carboxylic acids is 1. The molecule has 0 aromatic heterocycles. The van der Waals surface area contributed by atoms with E-state index in [1.54, 1.807) is 24.3 Å². The second kappa shape index (κ2) is 5.38. The topological polar surface area (TPSA) is 61.5 Å². The fraction of sp³-hybridized carbons (Fsp3) is 0.267. The van der Waals surface area contributed by atoms with Gasteiger partial charge in [-0.05, 0) is 6.08 Å². The molecule has 0 bridgehead atoms. The highest BCUT2D eigenvalue weighted by Crippen LogP contribution is 2.30. The molecular weight excluding hydrogens is 242 g/mol. The molecular formula is C15H17NO3. The number of methoxy groups -OCH3 is 2. The average molecular weight is 259 g/mol. The van der Waals surface area contributed by atoms with Crippen LogP contribution in [0.5, 0.6) is 0 Å². The van der Waals surface area contributed by atoms with Crippen molar-refractivity contribution in [2.24, 2.45) is 5.73 Å². The van der Waals surface area contributed by atoms with Crippen molar-refractivity contribution < 1.29 is 14.3 Å². The number of nitrogens with two attached hydrogens (primary N) is 1. The third kappa shape index (κ3) is 2.59. The van der Waals surface area contributed by atoms with Crippen molar-refractivity contribution in [1.29, 1.82) is 0 Å². The molecule has 0 fully saturated rings. The normalized spacial score (nSPS) is 22.5. The summed E-state index contributed by atoms with van der Waals surface area (Å²) in [6.45, 7) is 0. The highest BCUT2D eigenvalue weighted by atomic mass is 16.5. The molecule has 0 aliphatic heterocycles. The van der Waals surface area contributed by atoms with Gasteiger partial charge in [-0.1, -0.05) is 36.4 Å². The lowest BCUT2D eigenvalue weighted by molar-refractivity contribution is -0.0156. The molecule has 0 saturated carbocycles. The number of Topliss-reactive ketones (excluding diaryl/α,β-unsaturated/α-hetero) is 1. The zero-order valence-electron chi connectivity index (χ0n) is 11.1.